The highest BCUT2D eigenvalue weighted by molar-refractivity contribution is 9.10. The third-order valence-corrected chi connectivity index (χ3v) is 4.50. The van der Waals surface area contributed by atoms with Crippen LogP contribution in [0.25, 0.3) is 5.65 Å². The summed E-state index contributed by atoms with van der Waals surface area (Å²) in [5.41, 5.74) is 1.88. The Morgan fingerprint density at radius 2 is 2.32 bits per heavy atom. The summed E-state index contributed by atoms with van der Waals surface area (Å²) in [7, 11) is 0. The van der Waals surface area contributed by atoms with Crippen molar-refractivity contribution in [1.29, 1.82) is 0 Å². The summed E-state index contributed by atoms with van der Waals surface area (Å²) in [5.74, 6) is 0.600. The number of nitrogens with zero attached hydrogens (tertiary/aromatic N) is 2. The molecule has 1 fully saturated rings. The first-order valence-electron chi connectivity index (χ1n) is 6.60. The van der Waals surface area contributed by atoms with E-state index in [2.05, 4.69) is 37.6 Å². The van der Waals surface area contributed by atoms with Crippen molar-refractivity contribution in [2.24, 2.45) is 5.92 Å². The predicted molar refractivity (Wildman–Crippen MR) is 77.9 cm³/mol. The zero-order valence-corrected chi connectivity index (χ0v) is 12.5. The number of hydrogen-bond acceptors (Lipinski definition) is 3. The number of pyridine rings is 1. The zero-order chi connectivity index (χ0) is 13.5. The third kappa shape index (κ3) is 2.55. The van der Waals surface area contributed by atoms with Gasteiger partial charge in [-0.05, 0) is 53.7 Å². The standard InChI is InChI=1S/C14H18BrN3O/c1-14(9-19,10-2-3-10)17-7-12-6-16-13-5-4-11(15)8-18(12)13/h4-6,8,10,17,19H,2-3,7,9H2,1H3. The van der Waals surface area contributed by atoms with Crippen LogP contribution in [0.5, 0.6) is 0 Å². The number of aliphatic hydroxyl groups excluding tert-OH is 1. The van der Waals surface area contributed by atoms with E-state index in [4.69, 9.17) is 0 Å². The number of aromatic nitrogens is 2. The quantitative estimate of drug-likeness (QED) is 0.888. The van der Waals surface area contributed by atoms with E-state index in [0.717, 1.165) is 15.8 Å². The van der Waals surface area contributed by atoms with Crippen LogP contribution in [0.4, 0.5) is 0 Å². The maximum absolute atomic E-state index is 9.59. The van der Waals surface area contributed by atoms with Crippen molar-refractivity contribution in [3.05, 3.63) is 34.7 Å². The maximum Gasteiger partial charge on any atom is 0.136 e. The molecule has 2 heterocycles. The molecule has 102 valence electrons. The van der Waals surface area contributed by atoms with Crippen LogP contribution in [0.3, 0.4) is 0 Å². The number of nitrogens with one attached hydrogen (secondary N) is 1. The number of halogens is 1. The smallest absolute Gasteiger partial charge is 0.136 e. The Labute approximate surface area is 121 Å². The molecule has 2 N–H and O–H groups in total. The maximum atomic E-state index is 9.59. The summed E-state index contributed by atoms with van der Waals surface area (Å²) in [5, 5.41) is 13.1. The van der Waals surface area contributed by atoms with Gasteiger partial charge in [0, 0.05) is 22.8 Å². The van der Waals surface area contributed by atoms with Crippen LogP contribution >= 0.6 is 15.9 Å². The van der Waals surface area contributed by atoms with Gasteiger partial charge in [-0.3, -0.25) is 0 Å². The monoisotopic (exact) mass is 323 g/mol. The van der Waals surface area contributed by atoms with E-state index in [9.17, 15) is 5.11 Å². The van der Waals surface area contributed by atoms with Gasteiger partial charge in [0.15, 0.2) is 0 Å². The summed E-state index contributed by atoms with van der Waals surface area (Å²) in [6.07, 6.45) is 6.33. The largest absolute Gasteiger partial charge is 0.394 e. The minimum atomic E-state index is -0.170. The van der Waals surface area contributed by atoms with Gasteiger partial charge in [0.2, 0.25) is 0 Å². The van der Waals surface area contributed by atoms with Gasteiger partial charge in [0.1, 0.15) is 5.65 Å². The van der Waals surface area contributed by atoms with E-state index < -0.39 is 0 Å². The molecule has 2 aromatic rings. The van der Waals surface area contributed by atoms with Gasteiger partial charge in [0.25, 0.3) is 0 Å². The SMILES string of the molecule is CC(CO)(NCc1cnc2ccc(Br)cn12)C1CC1. The molecule has 0 radical (unpaired) electrons. The van der Waals surface area contributed by atoms with Gasteiger partial charge in [-0.2, -0.15) is 0 Å². The summed E-state index contributed by atoms with van der Waals surface area (Å²) in [4.78, 5) is 4.39. The van der Waals surface area contributed by atoms with Crippen LogP contribution in [-0.4, -0.2) is 26.6 Å². The van der Waals surface area contributed by atoms with Crippen molar-refractivity contribution in [3.8, 4) is 0 Å². The normalized spacial score (nSPS) is 18.7. The highest BCUT2D eigenvalue weighted by atomic mass is 79.9. The second kappa shape index (κ2) is 4.89. The lowest BCUT2D eigenvalue weighted by atomic mass is 9.97. The summed E-state index contributed by atoms with van der Waals surface area (Å²) >= 11 is 3.48. The van der Waals surface area contributed by atoms with Crippen molar-refractivity contribution in [3.63, 3.8) is 0 Å². The molecule has 19 heavy (non-hydrogen) atoms. The van der Waals surface area contributed by atoms with Crippen LogP contribution < -0.4 is 5.32 Å². The van der Waals surface area contributed by atoms with Crippen LogP contribution in [-0.2, 0) is 6.54 Å². The first kappa shape index (κ1) is 13.1. The van der Waals surface area contributed by atoms with Crippen molar-refractivity contribution in [2.45, 2.75) is 31.8 Å². The van der Waals surface area contributed by atoms with Gasteiger partial charge in [-0.15, -0.1) is 0 Å². The van der Waals surface area contributed by atoms with Crippen LogP contribution in [0.1, 0.15) is 25.5 Å². The molecule has 5 heteroatoms. The van der Waals surface area contributed by atoms with Crippen LogP contribution in [0.15, 0.2) is 29.0 Å². The average Bonchev–Trinajstić information content (AvgIpc) is 3.19. The Morgan fingerprint density at radius 3 is 3.00 bits per heavy atom. The topological polar surface area (TPSA) is 49.6 Å². The molecule has 0 bridgehead atoms. The van der Waals surface area contributed by atoms with E-state index in [-0.39, 0.29) is 12.1 Å². The molecule has 0 aromatic carbocycles. The highest BCUT2D eigenvalue weighted by Crippen LogP contribution is 2.39. The Morgan fingerprint density at radius 1 is 1.53 bits per heavy atom. The van der Waals surface area contributed by atoms with Gasteiger partial charge in [-0.25, -0.2) is 4.98 Å². The number of hydrogen-bond donors (Lipinski definition) is 2. The molecule has 4 nitrogen and oxygen atoms in total. The van der Waals surface area contributed by atoms with Crippen molar-refractivity contribution in [2.75, 3.05) is 6.61 Å². The number of aliphatic hydroxyl groups is 1. The molecule has 0 spiro atoms. The minimum Gasteiger partial charge on any atom is -0.394 e. The molecule has 0 saturated heterocycles. The lowest BCUT2D eigenvalue weighted by Crippen LogP contribution is -2.47. The molecule has 0 amide bonds. The fraction of sp³-hybridized carbons (Fsp3) is 0.500. The fourth-order valence-corrected chi connectivity index (χ4v) is 2.82. The lowest BCUT2D eigenvalue weighted by Gasteiger charge is -2.28. The molecule has 3 rings (SSSR count). The predicted octanol–water partition coefficient (Wildman–Crippen LogP) is 2.35. The summed E-state index contributed by atoms with van der Waals surface area (Å²) in [6, 6.07) is 3.97. The van der Waals surface area contributed by atoms with E-state index in [1.54, 1.807) is 0 Å². The lowest BCUT2D eigenvalue weighted by molar-refractivity contribution is 0.153. The van der Waals surface area contributed by atoms with Gasteiger partial charge in [0.05, 0.1) is 18.5 Å². The van der Waals surface area contributed by atoms with E-state index in [1.165, 1.54) is 12.8 Å². The number of fused-ring (bicyclic) bond motifs is 1. The first-order valence-corrected chi connectivity index (χ1v) is 7.39. The molecule has 2 aromatic heterocycles. The number of imidazole rings is 1. The van der Waals surface area contributed by atoms with E-state index >= 15 is 0 Å². The van der Waals surface area contributed by atoms with Crippen LogP contribution in [0, 0.1) is 5.92 Å². The summed E-state index contributed by atoms with van der Waals surface area (Å²) < 4.78 is 3.10. The molecule has 1 aliphatic rings. The fourth-order valence-electron chi connectivity index (χ4n) is 2.48. The average molecular weight is 324 g/mol. The Balaban J connectivity index is 1.79. The zero-order valence-electron chi connectivity index (χ0n) is 10.9. The molecular weight excluding hydrogens is 306 g/mol. The number of rotatable bonds is 5. The summed E-state index contributed by atoms with van der Waals surface area (Å²) in [6.45, 7) is 2.99. The third-order valence-electron chi connectivity index (χ3n) is 4.03. The van der Waals surface area contributed by atoms with Gasteiger partial charge >= 0.3 is 0 Å². The van der Waals surface area contributed by atoms with E-state index in [1.807, 2.05) is 24.5 Å². The molecule has 1 atom stereocenters. The van der Waals surface area contributed by atoms with Gasteiger partial charge in [-0.1, -0.05) is 0 Å². The van der Waals surface area contributed by atoms with Crippen LogP contribution in [0.2, 0.25) is 0 Å². The molecule has 0 aliphatic heterocycles. The Hall–Kier alpha value is -0.910. The minimum absolute atomic E-state index is 0.170. The van der Waals surface area contributed by atoms with E-state index in [0.29, 0.717) is 12.5 Å². The van der Waals surface area contributed by atoms with Crippen molar-refractivity contribution >= 4 is 21.6 Å². The Bertz CT molecular complexity index is 593. The van der Waals surface area contributed by atoms with Crippen molar-refractivity contribution < 1.29 is 5.11 Å². The van der Waals surface area contributed by atoms with Crippen molar-refractivity contribution in [1.82, 2.24) is 14.7 Å². The molecule has 1 aliphatic carbocycles. The second-order valence-corrected chi connectivity index (χ2v) is 6.44. The second-order valence-electron chi connectivity index (χ2n) is 5.53. The first-order chi connectivity index (χ1) is 9.12. The van der Waals surface area contributed by atoms with Gasteiger partial charge < -0.3 is 14.8 Å². The Kier molecular flexibility index (Phi) is 3.37. The highest BCUT2D eigenvalue weighted by Gasteiger charge is 2.40. The molecular formula is C14H18BrN3O. The molecule has 1 saturated carbocycles. The molecule has 1 unspecified atom stereocenters.